The van der Waals surface area contributed by atoms with E-state index in [0.29, 0.717) is 0 Å². The summed E-state index contributed by atoms with van der Waals surface area (Å²) in [5.74, 6) is 0.619. The van der Waals surface area contributed by atoms with Crippen molar-refractivity contribution in [1.29, 1.82) is 0 Å². The molecule has 110 valence electrons. The zero-order valence-corrected chi connectivity index (χ0v) is 14.0. The van der Waals surface area contributed by atoms with Gasteiger partial charge in [0.1, 0.15) is 5.75 Å². The average Bonchev–Trinajstić information content (AvgIpc) is 2.34. The largest absolute Gasteiger partial charge is 0.482 e. The normalized spacial score (nSPS) is 16.4. The maximum absolute atomic E-state index is 11.3. The molecule has 1 N–H and O–H groups in total. The van der Waals surface area contributed by atoms with Gasteiger partial charge in [-0.2, -0.15) is 0 Å². The van der Waals surface area contributed by atoms with Gasteiger partial charge >= 0.3 is 0 Å². The molecule has 5 heteroatoms. The van der Waals surface area contributed by atoms with Crippen molar-refractivity contribution in [3.05, 3.63) is 23.8 Å². The monoisotopic (exact) mass is 293 g/mol. The Kier molecular flexibility index (Phi) is 4.20. The lowest BCUT2D eigenvalue weighted by atomic mass is 9.84. The molecule has 1 aliphatic rings. The summed E-state index contributed by atoms with van der Waals surface area (Å²) in [6, 6.07) is 5.90. The minimum absolute atomic E-state index is 0.0173. The summed E-state index contributed by atoms with van der Waals surface area (Å²) in [6.07, 6.45) is 0.0423. The number of carbonyl (C=O) groups is 1. The Balaban J connectivity index is 2.33. The lowest BCUT2D eigenvalue weighted by Crippen LogP contribution is -2.27. The second kappa shape index (κ2) is 5.58. The van der Waals surface area contributed by atoms with Crippen molar-refractivity contribution < 1.29 is 14.0 Å². The SMILES string of the molecule is C[SiH](C)OC(c1ccc2c(c1)OCC(=O)N2)C(C)(C)C. The third kappa shape index (κ3) is 3.40. The molecule has 1 aromatic rings. The quantitative estimate of drug-likeness (QED) is 0.871. The Morgan fingerprint density at radius 3 is 2.65 bits per heavy atom. The molecule has 1 aliphatic heterocycles. The van der Waals surface area contributed by atoms with Crippen LogP contribution in [0.25, 0.3) is 0 Å². The van der Waals surface area contributed by atoms with Crippen molar-refractivity contribution in [3.63, 3.8) is 0 Å². The third-order valence-corrected chi connectivity index (χ3v) is 3.95. The Morgan fingerprint density at radius 1 is 1.35 bits per heavy atom. The van der Waals surface area contributed by atoms with Crippen LogP contribution in [0.4, 0.5) is 5.69 Å². The van der Waals surface area contributed by atoms with E-state index in [1.165, 1.54) is 0 Å². The van der Waals surface area contributed by atoms with Gasteiger partial charge in [-0.05, 0) is 36.2 Å². The maximum Gasteiger partial charge on any atom is 0.262 e. The zero-order chi connectivity index (χ0) is 14.9. The fraction of sp³-hybridized carbons (Fsp3) is 0.533. The first-order valence-electron chi connectivity index (χ1n) is 6.99. The minimum atomic E-state index is -1.15. The first kappa shape index (κ1) is 15.1. The van der Waals surface area contributed by atoms with Gasteiger partial charge in [-0.3, -0.25) is 4.79 Å². The van der Waals surface area contributed by atoms with Crippen molar-refractivity contribution in [1.82, 2.24) is 0 Å². The summed E-state index contributed by atoms with van der Waals surface area (Å²) in [4.78, 5) is 11.3. The molecule has 1 aromatic carbocycles. The van der Waals surface area contributed by atoms with Crippen LogP contribution in [-0.2, 0) is 9.22 Å². The molecule has 0 fully saturated rings. The summed E-state index contributed by atoms with van der Waals surface area (Å²) >= 11 is 0. The summed E-state index contributed by atoms with van der Waals surface area (Å²) in [7, 11) is -1.15. The number of fused-ring (bicyclic) bond motifs is 1. The van der Waals surface area contributed by atoms with Crippen LogP contribution < -0.4 is 10.1 Å². The number of benzene rings is 1. The molecule has 0 aliphatic carbocycles. The predicted molar refractivity (Wildman–Crippen MR) is 82.7 cm³/mol. The Labute approximate surface area is 122 Å². The lowest BCUT2D eigenvalue weighted by Gasteiger charge is -2.33. The predicted octanol–water partition coefficient (Wildman–Crippen LogP) is 3.10. The molecule has 2 rings (SSSR count). The van der Waals surface area contributed by atoms with Gasteiger partial charge in [0, 0.05) is 0 Å². The molecule has 1 amide bonds. The minimum Gasteiger partial charge on any atom is -0.482 e. The smallest absolute Gasteiger partial charge is 0.262 e. The second-order valence-electron chi connectivity index (χ2n) is 6.52. The van der Waals surface area contributed by atoms with Gasteiger partial charge in [0.25, 0.3) is 5.91 Å². The molecule has 1 unspecified atom stereocenters. The summed E-state index contributed by atoms with van der Waals surface area (Å²) in [6.45, 7) is 11.0. The highest BCUT2D eigenvalue weighted by Crippen LogP contribution is 2.40. The first-order valence-corrected chi connectivity index (χ1v) is 9.77. The maximum atomic E-state index is 11.3. The molecular formula is C15H23NO3Si. The Morgan fingerprint density at radius 2 is 2.05 bits per heavy atom. The van der Waals surface area contributed by atoms with Crippen LogP contribution >= 0.6 is 0 Å². The molecule has 0 saturated carbocycles. The number of ether oxygens (including phenoxy) is 1. The fourth-order valence-corrected chi connectivity index (χ4v) is 3.42. The number of nitrogens with one attached hydrogen (secondary N) is 1. The molecule has 0 radical (unpaired) electrons. The fourth-order valence-electron chi connectivity index (χ4n) is 2.31. The molecular weight excluding hydrogens is 270 g/mol. The molecule has 0 aromatic heterocycles. The number of hydrogen-bond acceptors (Lipinski definition) is 3. The van der Waals surface area contributed by atoms with Crippen molar-refractivity contribution in [2.75, 3.05) is 11.9 Å². The molecule has 0 bridgehead atoms. The van der Waals surface area contributed by atoms with E-state index < -0.39 is 9.04 Å². The van der Waals surface area contributed by atoms with E-state index in [-0.39, 0.29) is 24.0 Å². The number of amides is 1. The summed E-state index contributed by atoms with van der Waals surface area (Å²) in [5, 5.41) is 2.81. The van der Waals surface area contributed by atoms with E-state index in [1.54, 1.807) is 0 Å². The van der Waals surface area contributed by atoms with Crippen molar-refractivity contribution in [2.24, 2.45) is 5.41 Å². The highest BCUT2D eigenvalue weighted by atomic mass is 28.3. The van der Waals surface area contributed by atoms with Gasteiger partial charge in [0.05, 0.1) is 11.8 Å². The van der Waals surface area contributed by atoms with Crippen LogP contribution in [0.3, 0.4) is 0 Å². The van der Waals surface area contributed by atoms with Crippen LogP contribution in [-0.4, -0.2) is 21.6 Å². The van der Waals surface area contributed by atoms with Gasteiger partial charge < -0.3 is 14.5 Å². The van der Waals surface area contributed by atoms with Crippen molar-refractivity contribution >= 4 is 20.6 Å². The lowest BCUT2D eigenvalue weighted by molar-refractivity contribution is -0.118. The summed E-state index contributed by atoms with van der Waals surface area (Å²) in [5.41, 5.74) is 1.86. The average molecular weight is 293 g/mol. The molecule has 4 nitrogen and oxygen atoms in total. The topological polar surface area (TPSA) is 47.6 Å². The van der Waals surface area contributed by atoms with Crippen LogP contribution in [0.2, 0.25) is 13.1 Å². The van der Waals surface area contributed by atoms with E-state index in [9.17, 15) is 4.79 Å². The van der Waals surface area contributed by atoms with E-state index in [4.69, 9.17) is 9.16 Å². The number of rotatable bonds is 3. The molecule has 0 spiro atoms. The molecule has 1 heterocycles. The first-order chi connectivity index (χ1) is 9.27. The van der Waals surface area contributed by atoms with Crippen molar-refractivity contribution in [2.45, 2.75) is 40.0 Å². The molecule has 20 heavy (non-hydrogen) atoms. The number of carbonyl (C=O) groups excluding carboxylic acids is 1. The van der Waals surface area contributed by atoms with E-state index in [2.05, 4.69) is 39.2 Å². The number of hydrogen-bond donors (Lipinski definition) is 1. The Hall–Kier alpha value is -1.33. The number of anilines is 1. The van der Waals surface area contributed by atoms with Gasteiger partial charge in [-0.1, -0.05) is 26.8 Å². The molecule has 0 saturated heterocycles. The van der Waals surface area contributed by atoms with Gasteiger partial charge in [-0.15, -0.1) is 0 Å². The van der Waals surface area contributed by atoms with Gasteiger partial charge in [0.2, 0.25) is 0 Å². The van der Waals surface area contributed by atoms with E-state index in [1.807, 2.05) is 18.2 Å². The van der Waals surface area contributed by atoms with E-state index in [0.717, 1.165) is 17.0 Å². The van der Waals surface area contributed by atoms with Crippen molar-refractivity contribution in [3.8, 4) is 5.75 Å². The van der Waals surface area contributed by atoms with Crippen LogP contribution in [0.5, 0.6) is 5.75 Å². The molecule has 1 atom stereocenters. The summed E-state index contributed by atoms with van der Waals surface area (Å²) < 4.78 is 11.7. The van der Waals surface area contributed by atoms with Crippen LogP contribution in [0, 0.1) is 5.41 Å². The highest BCUT2D eigenvalue weighted by Gasteiger charge is 2.29. The third-order valence-electron chi connectivity index (χ3n) is 3.14. The van der Waals surface area contributed by atoms with Crippen LogP contribution in [0.15, 0.2) is 18.2 Å². The standard InChI is InChI=1S/C15H23NO3Si/c1-15(2,3)14(19-20(4)5)10-6-7-11-12(8-10)18-9-13(17)16-11/h6-8,14,20H,9H2,1-5H3,(H,16,17). The van der Waals surface area contributed by atoms with E-state index >= 15 is 0 Å². The van der Waals surface area contributed by atoms with Gasteiger partial charge in [0.15, 0.2) is 15.6 Å². The second-order valence-corrected chi connectivity index (χ2v) is 8.89. The van der Waals surface area contributed by atoms with Crippen LogP contribution in [0.1, 0.15) is 32.4 Å². The van der Waals surface area contributed by atoms with Gasteiger partial charge in [-0.25, -0.2) is 0 Å². The Bertz CT molecular complexity index is 508. The highest BCUT2D eigenvalue weighted by molar-refractivity contribution is 6.48. The zero-order valence-electron chi connectivity index (χ0n) is 12.8.